The monoisotopic (exact) mass is 344 g/mol. The van der Waals surface area contributed by atoms with E-state index < -0.39 is 0 Å². The maximum absolute atomic E-state index is 3.16. The van der Waals surface area contributed by atoms with Crippen LogP contribution in [0.1, 0.15) is 6.92 Å². The standard InChI is InChI=1S/C4H17P9/c1-3-4(13(8)10-6)11(7)2-12(3)9-5/h3-4,9-10H,2,5-8H2,1H3. The highest BCUT2D eigenvalue weighted by Gasteiger charge is 2.39. The number of rotatable bonds is 3. The van der Waals surface area contributed by atoms with E-state index >= 15 is 0 Å². The predicted octanol–water partition coefficient (Wildman–Crippen LogP) is 5.47. The summed E-state index contributed by atoms with van der Waals surface area (Å²) in [6, 6.07) is 0. The molecule has 0 spiro atoms. The van der Waals surface area contributed by atoms with Crippen LogP contribution < -0.4 is 0 Å². The van der Waals surface area contributed by atoms with Gasteiger partial charge in [-0.1, -0.05) is 45.4 Å². The summed E-state index contributed by atoms with van der Waals surface area (Å²) < 4.78 is 0. The first-order chi connectivity index (χ1) is 6.11. The van der Waals surface area contributed by atoms with E-state index in [4.69, 9.17) is 0 Å². The molecule has 11 unspecified atom stereocenters. The van der Waals surface area contributed by atoms with Crippen LogP contribution in [0.5, 0.6) is 0 Å². The zero-order chi connectivity index (χ0) is 10.0. The van der Waals surface area contributed by atoms with Gasteiger partial charge in [0.2, 0.25) is 0 Å². The van der Waals surface area contributed by atoms with Gasteiger partial charge in [0.1, 0.15) is 0 Å². The molecule has 1 aliphatic rings. The second kappa shape index (κ2) is 7.34. The molecule has 1 fully saturated rings. The molecule has 0 aromatic rings. The van der Waals surface area contributed by atoms with Gasteiger partial charge in [-0.25, -0.2) is 0 Å². The van der Waals surface area contributed by atoms with E-state index in [0.29, 0.717) is 7.61 Å². The molecule has 9 heteroatoms. The Morgan fingerprint density at radius 3 is 2.46 bits per heavy atom. The molecule has 0 aromatic carbocycles. The van der Waals surface area contributed by atoms with Crippen LogP contribution in [0, 0.1) is 0 Å². The molecule has 78 valence electrons. The largest absolute Gasteiger partial charge is 0.110 e. The molecule has 1 rings (SSSR count). The lowest BCUT2D eigenvalue weighted by Crippen LogP contribution is -2.05. The normalized spacial score (nSPS) is 44.1. The van der Waals surface area contributed by atoms with Gasteiger partial charge in [0.25, 0.3) is 0 Å². The Balaban J connectivity index is 2.63. The van der Waals surface area contributed by atoms with Crippen molar-refractivity contribution in [3.8, 4) is 0 Å². The molecular weight excluding hydrogens is 327 g/mol. The Labute approximate surface area is 97.8 Å². The van der Waals surface area contributed by atoms with Gasteiger partial charge in [-0.15, -0.1) is 35.7 Å². The fourth-order valence-electron chi connectivity index (χ4n) is 1.45. The lowest BCUT2D eigenvalue weighted by atomic mass is 10.5. The molecule has 0 aromatic heterocycles. The van der Waals surface area contributed by atoms with E-state index in [2.05, 4.69) is 42.6 Å². The van der Waals surface area contributed by atoms with Crippen LogP contribution in [0.15, 0.2) is 0 Å². The van der Waals surface area contributed by atoms with Crippen molar-refractivity contribution >= 4 is 74.1 Å². The van der Waals surface area contributed by atoms with Crippen LogP contribution in [0.4, 0.5) is 0 Å². The van der Waals surface area contributed by atoms with Crippen molar-refractivity contribution in [2.75, 3.05) is 5.90 Å². The van der Waals surface area contributed by atoms with E-state index in [1.165, 1.54) is 0 Å². The highest BCUT2D eigenvalue weighted by atomic mass is 32.6. The van der Waals surface area contributed by atoms with Crippen LogP contribution >= 0.6 is 74.1 Å². The molecule has 0 aliphatic carbocycles. The first-order valence-electron chi connectivity index (χ1n) is 3.86. The molecule has 1 saturated heterocycles. The highest BCUT2D eigenvalue weighted by molar-refractivity contribution is 8.63. The van der Waals surface area contributed by atoms with Gasteiger partial charge in [0.05, 0.1) is 0 Å². The number of hydrogen-bond donors (Lipinski definition) is 0. The molecule has 0 nitrogen and oxygen atoms in total. The van der Waals surface area contributed by atoms with Crippen LogP contribution in [-0.2, 0) is 0 Å². The average molecular weight is 344 g/mol. The SMILES string of the molecule is CC1C(P(P)PP)P(P)CP1PP. The van der Waals surface area contributed by atoms with E-state index in [9.17, 15) is 0 Å². The zero-order valence-corrected chi connectivity index (χ0v) is 16.8. The summed E-state index contributed by atoms with van der Waals surface area (Å²) in [5.74, 6) is 1.56. The van der Waals surface area contributed by atoms with Gasteiger partial charge in [-0.05, 0) is 11.6 Å². The average Bonchev–Trinajstić information content (AvgIpc) is 2.40. The Morgan fingerprint density at radius 1 is 1.46 bits per heavy atom. The third-order valence-electron chi connectivity index (χ3n) is 2.18. The maximum Gasteiger partial charge on any atom is 0.0173 e. The van der Waals surface area contributed by atoms with E-state index in [-0.39, 0.29) is 14.9 Å². The quantitative estimate of drug-likeness (QED) is 0.596. The Morgan fingerprint density at radius 2 is 2.08 bits per heavy atom. The summed E-state index contributed by atoms with van der Waals surface area (Å²) >= 11 is 0. The summed E-state index contributed by atoms with van der Waals surface area (Å²) in [4.78, 5) is 0. The minimum Gasteiger partial charge on any atom is -0.110 e. The minimum atomic E-state index is 0.236. The molecule has 0 saturated carbocycles. The van der Waals surface area contributed by atoms with Crippen molar-refractivity contribution in [2.45, 2.75) is 18.0 Å². The Bertz CT molecular complexity index is 162. The van der Waals surface area contributed by atoms with Gasteiger partial charge in [0.15, 0.2) is 0 Å². The van der Waals surface area contributed by atoms with Crippen molar-refractivity contribution in [3.63, 3.8) is 0 Å². The second-order valence-corrected chi connectivity index (χ2v) is 24.4. The maximum atomic E-state index is 3.16. The molecule has 1 heterocycles. The summed E-state index contributed by atoms with van der Waals surface area (Å²) in [6.45, 7) is 2.50. The molecule has 13 heavy (non-hydrogen) atoms. The fourth-order valence-corrected chi connectivity index (χ4v) is 35.8. The Hall–Kier alpha value is 3.87. The van der Waals surface area contributed by atoms with Crippen molar-refractivity contribution in [3.05, 3.63) is 0 Å². The van der Waals surface area contributed by atoms with Gasteiger partial charge in [0, 0.05) is 5.40 Å². The topological polar surface area (TPSA) is 0 Å². The molecule has 1 aliphatic heterocycles. The Kier molecular flexibility index (Phi) is 8.43. The lowest BCUT2D eigenvalue weighted by Gasteiger charge is -2.26. The molecule has 0 amide bonds. The highest BCUT2D eigenvalue weighted by Crippen LogP contribution is 2.88. The first-order valence-corrected chi connectivity index (χ1v) is 19.0. The van der Waals surface area contributed by atoms with Crippen molar-refractivity contribution in [1.29, 1.82) is 0 Å². The van der Waals surface area contributed by atoms with Gasteiger partial charge < -0.3 is 0 Å². The predicted molar refractivity (Wildman–Crippen MR) is 94.3 cm³/mol. The van der Waals surface area contributed by atoms with E-state index in [0.717, 1.165) is 27.0 Å². The van der Waals surface area contributed by atoms with Crippen LogP contribution in [-0.4, -0.2) is 17.0 Å². The van der Waals surface area contributed by atoms with Crippen LogP contribution in [0.25, 0.3) is 0 Å². The van der Waals surface area contributed by atoms with E-state index in [1.807, 2.05) is 0 Å². The molecule has 0 radical (unpaired) electrons. The zero-order valence-electron chi connectivity index (χ0n) is 7.51. The number of hydrogen-bond acceptors (Lipinski definition) is 0. The van der Waals surface area contributed by atoms with Gasteiger partial charge in [-0.3, -0.25) is 0 Å². The molecule has 0 N–H and O–H groups in total. The van der Waals surface area contributed by atoms with Gasteiger partial charge in [-0.2, -0.15) is 0 Å². The smallest absolute Gasteiger partial charge is 0.0173 e. The second-order valence-electron chi connectivity index (χ2n) is 2.95. The first kappa shape index (κ1) is 14.9. The molecular formula is C4H17P9. The van der Waals surface area contributed by atoms with E-state index in [1.54, 1.807) is 5.90 Å². The molecule has 0 bridgehead atoms. The van der Waals surface area contributed by atoms with Crippen LogP contribution in [0.3, 0.4) is 0 Å². The van der Waals surface area contributed by atoms with Crippen molar-refractivity contribution in [2.24, 2.45) is 0 Å². The van der Waals surface area contributed by atoms with Gasteiger partial charge >= 0.3 is 0 Å². The minimum absolute atomic E-state index is 0.236. The third-order valence-corrected chi connectivity index (χ3v) is 31.3. The summed E-state index contributed by atoms with van der Waals surface area (Å²) in [6.07, 6.45) is 0. The van der Waals surface area contributed by atoms with Crippen molar-refractivity contribution in [1.82, 2.24) is 0 Å². The summed E-state index contributed by atoms with van der Waals surface area (Å²) in [5, 5.41) is 1.06. The summed E-state index contributed by atoms with van der Waals surface area (Å²) in [5.41, 5.74) is 1.03. The molecule has 11 atom stereocenters. The van der Waals surface area contributed by atoms with Crippen molar-refractivity contribution < 1.29 is 0 Å². The van der Waals surface area contributed by atoms with Crippen LogP contribution in [0.2, 0.25) is 0 Å². The third kappa shape index (κ3) is 3.93. The fraction of sp³-hybridized carbons (Fsp3) is 1.00. The summed E-state index contributed by atoms with van der Waals surface area (Å²) in [7, 11) is 15.3. The lowest BCUT2D eigenvalue weighted by molar-refractivity contribution is 1.08.